The van der Waals surface area contributed by atoms with Gasteiger partial charge in [-0.1, -0.05) is 81.8 Å². The Labute approximate surface area is 123 Å². The van der Waals surface area contributed by atoms with Gasteiger partial charge >= 0.3 is 0 Å². The van der Waals surface area contributed by atoms with Crippen molar-refractivity contribution < 1.29 is 0 Å². The number of rotatable bonds is 6. The van der Waals surface area contributed by atoms with Gasteiger partial charge in [-0.3, -0.25) is 0 Å². The van der Waals surface area contributed by atoms with Crippen LogP contribution in [0.2, 0.25) is 0 Å². The summed E-state index contributed by atoms with van der Waals surface area (Å²) in [6.45, 7) is 8.83. The maximum atomic E-state index is 4.38. The Kier molecular flexibility index (Phi) is 5.17. The maximum Gasteiger partial charge on any atom is -0.0152 e. The van der Waals surface area contributed by atoms with E-state index in [2.05, 4.69) is 69.0 Å². The van der Waals surface area contributed by atoms with Crippen LogP contribution in [0.4, 0.5) is 0 Å². The molecule has 0 bridgehead atoms. The lowest BCUT2D eigenvalue weighted by Crippen LogP contribution is -1.97. The second-order valence-corrected chi connectivity index (χ2v) is 5.29. The minimum absolute atomic E-state index is 1.12. The molecule has 0 saturated carbocycles. The molecule has 0 atom stereocenters. The minimum Gasteiger partial charge on any atom is -0.0905 e. The quantitative estimate of drug-likeness (QED) is 0.632. The lowest BCUT2D eigenvalue weighted by molar-refractivity contribution is 0.913. The zero-order valence-electron chi connectivity index (χ0n) is 12.7. The maximum absolute atomic E-state index is 4.38. The topological polar surface area (TPSA) is 0 Å². The van der Waals surface area contributed by atoms with E-state index in [0.717, 1.165) is 18.4 Å². The van der Waals surface area contributed by atoms with E-state index in [4.69, 9.17) is 0 Å². The van der Waals surface area contributed by atoms with Crippen LogP contribution in [0, 0.1) is 0 Å². The zero-order valence-corrected chi connectivity index (χ0v) is 12.7. The Bertz CT molecular complexity index is 527. The highest BCUT2D eigenvalue weighted by molar-refractivity contribution is 5.81. The molecule has 2 aromatic carbocycles. The summed E-state index contributed by atoms with van der Waals surface area (Å²) in [4.78, 5) is 0. The van der Waals surface area contributed by atoms with E-state index < -0.39 is 0 Å². The van der Waals surface area contributed by atoms with E-state index in [1.807, 2.05) is 0 Å². The summed E-state index contributed by atoms with van der Waals surface area (Å²) >= 11 is 0. The second-order valence-electron chi connectivity index (χ2n) is 5.29. The molecule has 2 aromatic rings. The third kappa shape index (κ3) is 3.19. The van der Waals surface area contributed by atoms with Gasteiger partial charge in [0.2, 0.25) is 0 Å². The molecule has 0 N–H and O–H groups in total. The highest BCUT2D eigenvalue weighted by Crippen LogP contribution is 2.28. The molecule has 0 amide bonds. The third-order valence-corrected chi connectivity index (χ3v) is 3.72. The fraction of sp³-hybridized carbons (Fsp3) is 0.300. The Morgan fingerprint density at radius 2 is 1.15 bits per heavy atom. The van der Waals surface area contributed by atoms with Gasteiger partial charge in [0.25, 0.3) is 0 Å². The van der Waals surface area contributed by atoms with Gasteiger partial charge in [-0.25, -0.2) is 0 Å². The predicted octanol–water partition coefficient (Wildman–Crippen LogP) is 5.65. The summed E-state index contributed by atoms with van der Waals surface area (Å²) in [5, 5.41) is 0. The summed E-state index contributed by atoms with van der Waals surface area (Å²) in [7, 11) is 0. The lowest BCUT2D eigenvalue weighted by atomic mass is 9.89. The van der Waals surface area contributed by atoms with Crippen molar-refractivity contribution in [3.63, 3.8) is 0 Å². The summed E-state index contributed by atoms with van der Waals surface area (Å²) < 4.78 is 0. The highest BCUT2D eigenvalue weighted by Gasteiger charge is 2.10. The van der Waals surface area contributed by atoms with E-state index in [1.54, 1.807) is 0 Å². The van der Waals surface area contributed by atoms with Gasteiger partial charge in [0, 0.05) is 0 Å². The van der Waals surface area contributed by atoms with Crippen LogP contribution in [0.3, 0.4) is 0 Å². The van der Waals surface area contributed by atoms with Crippen LogP contribution in [0.25, 0.3) is 5.57 Å². The first-order valence-electron chi connectivity index (χ1n) is 7.63. The fourth-order valence-electron chi connectivity index (χ4n) is 2.75. The molecule has 0 aliphatic carbocycles. The van der Waals surface area contributed by atoms with Gasteiger partial charge in [-0.05, 0) is 40.7 Å². The fourth-order valence-corrected chi connectivity index (χ4v) is 2.75. The Balaban J connectivity index is 2.41. The van der Waals surface area contributed by atoms with Crippen molar-refractivity contribution in [1.29, 1.82) is 0 Å². The summed E-state index contributed by atoms with van der Waals surface area (Å²) in [6.07, 6.45) is 4.57. The van der Waals surface area contributed by atoms with E-state index in [0.29, 0.717) is 0 Å². The largest absolute Gasteiger partial charge is 0.0905 e. The summed E-state index contributed by atoms with van der Waals surface area (Å²) in [6, 6.07) is 17.3. The minimum atomic E-state index is 1.12. The molecule has 0 aromatic heterocycles. The summed E-state index contributed by atoms with van der Waals surface area (Å²) in [5.41, 5.74) is 6.59. The number of hydrogen-bond acceptors (Lipinski definition) is 0. The first-order valence-corrected chi connectivity index (χ1v) is 7.63. The molecular weight excluding hydrogens is 240 g/mol. The van der Waals surface area contributed by atoms with Crippen molar-refractivity contribution in [3.05, 3.63) is 77.4 Å². The average molecular weight is 264 g/mol. The van der Waals surface area contributed by atoms with Crippen LogP contribution in [-0.2, 0) is 12.8 Å². The van der Waals surface area contributed by atoms with Gasteiger partial charge in [0.05, 0.1) is 0 Å². The van der Waals surface area contributed by atoms with Gasteiger partial charge in [0.1, 0.15) is 0 Å². The van der Waals surface area contributed by atoms with Crippen LogP contribution < -0.4 is 0 Å². The molecule has 0 unspecified atom stereocenters. The van der Waals surface area contributed by atoms with Crippen molar-refractivity contribution >= 4 is 5.57 Å². The molecule has 0 nitrogen and oxygen atoms in total. The lowest BCUT2D eigenvalue weighted by Gasteiger charge is -2.15. The van der Waals surface area contributed by atoms with Gasteiger partial charge in [-0.15, -0.1) is 0 Å². The van der Waals surface area contributed by atoms with Crippen LogP contribution >= 0.6 is 0 Å². The molecule has 20 heavy (non-hydrogen) atoms. The predicted molar refractivity (Wildman–Crippen MR) is 89.0 cm³/mol. The zero-order chi connectivity index (χ0) is 14.4. The average Bonchev–Trinajstić information content (AvgIpc) is 2.48. The second kappa shape index (κ2) is 7.09. The molecule has 0 saturated heterocycles. The molecule has 0 spiro atoms. The van der Waals surface area contributed by atoms with Crippen molar-refractivity contribution in [2.75, 3.05) is 0 Å². The van der Waals surface area contributed by atoms with Crippen molar-refractivity contribution in [2.45, 2.75) is 39.5 Å². The Morgan fingerprint density at radius 3 is 1.55 bits per heavy atom. The molecule has 0 fully saturated rings. The number of benzene rings is 2. The van der Waals surface area contributed by atoms with Gasteiger partial charge < -0.3 is 0 Å². The molecule has 0 heteroatoms. The molecule has 0 heterocycles. The monoisotopic (exact) mass is 264 g/mol. The standard InChI is InChI=1S/C20H24/c1-4-10-17-12-6-8-14-19(17)16(3)20-15-9-7-13-18(20)11-5-2/h6-9,12-15H,3-5,10-11H2,1-2H3. The Hall–Kier alpha value is -1.82. The van der Waals surface area contributed by atoms with Crippen LogP contribution in [0.5, 0.6) is 0 Å². The van der Waals surface area contributed by atoms with Gasteiger partial charge in [0.15, 0.2) is 0 Å². The molecule has 2 rings (SSSR count). The number of hydrogen-bond donors (Lipinski definition) is 0. The van der Waals surface area contributed by atoms with Crippen molar-refractivity contribution in [3.8, 4) is 0 Å². The van der Waals surface area contributed by atoms with Crippen LogP contribution in [-0.4, -0.2) is 0 Å². The summed E-state index contributed by atoms with van der Waals surface area (Å²) in [5.74, 6) is 0. The number of aryl methyl sites for hydroxylation is 2. The van der Waals surface area contributed by atoms with E-state index in [9.17, 15) is 0 Å². The van der Waals surface area contributed by atoms with E-state index in [1.165, 1.54) is 35.1 Å². The van der Waals surface area contributed by atoms with Gasteiger partial charge in [-0.2, -0.15) is 0 Å². The van der Waals surface area contributed by atoms with Crippen molar-refractivity contribution in [2.24, 2.45) is 0 Å². The van der Waals surface area contributed by atoms with Crippen molar-refractivity contribution in [1.82, 2.24) is 0 Å². The third-order valence-electron chi connectivity index (χ3n) is 3.72. The molecule has 0 aliphatic rings. The van der Waals surface area contributed by atoms with E-state index in [-0.39, 0.29) is 0 Å². The van der Waals surface area contributed by atoms with Crippen LogP contribution in [0.1, 0.15) is 48.9 Å². The highest BCUT2D eigenvalue weighted by atomic mass is 14.1. The van der Waals surface area contributed by atoms with Crippen LogP contribution in [0.15, 0.2) is 55.1 Å². The molecule has 0 aliphatic heterocycles. The molecule has 104 valence electrons. The smallest absolute Gasteiger partial charge is 0.0152 e. The Morgan fingerprint density at radius 1 is 0.750 bits per heavy atom. The normalized spacial score (nSPS) is 10.5. The molecule has 0 radical (unpaired) electrons. The van der Waals surface area contributed by atoms with E-state index >= 15 is 0 Å². The SMILES string of the molecule is C=C(c1ccccc1CCC)c1ccccc1CCC. The first kappa shape index (κ1) is 14.6. The first-order chi connectivity index (χ1) is 9.77. The molecular formula is C20H24.